The van der Waals surface area contributed by atoms with Gasteiger partial charge in [-0.2, -0.15) is 21.0 Å². The highest BCUT2D eigenvalue weighted by Gasteiger charge is 2.19. The summed E-state index contributed by atoms with van der Waals surface area (Å²) in [5.74, 6) is 0. The lowest BCUT2D eigenvalue weighted by atomic mass is 9.84. The Bertz CT molecular complexity index is 3240. The first-order valence-electron chi connectivity index (χ1n) is 18.1. The first-order chi connectivity index (χ1) is 28.5. The summed E-state index contributed by atoms with van der Waals surface area (Å²) < 4.78 is 3.35. The molecule has 58 heavy (non-hydrogen) atoms. The lowest BCUT2D eigenvalue weighted by Gasteiger charge is -2.20. The summed E-state index contributed by atoms with van der Waals surface area (Å²) in [4.78, 5) is 4.50. The van der Waals surface area contributed by atoms with E-state index in [9.17, 15) is 21.0 Å². The maximum Gasteiger partial charge on any atom is 0.146 e. The Morgan fingerprint density at radius 1 is 0.379 bits per heavy atom. The zero-order chi connectivity index (χ0) is 39.6. The second-order valence-electron chi connectivity index (χ2n) is 13.3. The van der Waals surface area contributed by atoms with Crippen molar-refractivity contribution in [2.24, 2.45) is 0 Å². The molecule has 0 spiro atoms. The van der Waals surface area contributed by atoms with Crippen molar-refractivity contribution in [1.29, 1.82) is 21.0 Å². The molecule has 5 aromatic carbocycles. The van der Waals surface area contributed by atoms with E-state index < -0.39 is 0 Å². The molecule has 0 bridgehead atoms. The molecule has 4 heterocycles. The maximum absolute atomic E-state index is 9.32. The van der Waals surface area contributed by atoms with Crippen molar-refractivity contribution >= 4 is 90.2 Å². The Morgan fingerprint density at radius 2 is 0.793 bits per heavy atom. The van der Waals surface area contributed by atoms with Crippen LogP contribution in [0.3, 0.4) is 0 Å². The van der Waals surface area contributed by atoms with Gasteiger partial charge in [0.1, 0.15) is 35.4 Å². The van der Waals surface area contributed by atoms with E-state index in [1.807, 2.05) is 48.5 Å². The third kappa shape index (κ3) is 6.95. The van der Waals surface area contributed by atoms with E-state index in [1.165, 1.54) is 55.3 Å². The second-order valence-corrected chi connectivity index (χ2v) is 17.8. The molecule has 9 rings (SSSR count). The molecule has 0 aliphatic rings. The molecule has 0 saturated heterocycles. The third-order valence-electron chi connectivity index (χ3n) is 9.83. The summed E-state index contributed by atoms with van der Waals surface area (Å²) >= 11 is 6.33. The fraction of sp³-hybridized carbons (Fsp3) is 0. The molecule has 0 amide bonds. The molecule has 0 aliphatic carbocycles. The average molecular weight is 811 g/mol. The molecule has 0 unspecified atom stereocenters. The predicted octanol–water partition coefficient (Wildman–Crippen LogP) is 11.0. The summed E-state index contributed by atoms with van der Waals surface area (Å²) in [5, 5.41) is 42.0. The van der Waals surface area contributed by atoms with Gasteiger partial charge in [0.15, 0.2) is 0 Å². The summed E-state index contributed by atoms with van der Waals surface area (Å²) in [6.07, 6.45) is 4.22. The lowest BCUT2D eigenvalue weighted by molar-refractivity contribution is 1.51. The monoisotopic (exact) mass is 810 g/mol. The number of nitriles is 4. The van der Waals surface area contributed by atoms with Gasteiger partial charge in [-0.15, -0.1) is 45.3 Å². The van der Waals surface area contributed by atoms with Crippen molar-refractivity contribution in [3.05, 3.63) is 173 Å². The highest BCUT2D eigenvalue weighted by molar-refractivity contribution is 7.17. The number of hydrogen-bond acceptors (Lipinski definition) is 8. The lowest BCUT2D eigenvalue weighted by Crippen LogP contribution is -1.96. The summed E-state index contributed by atoms with van der Waals surface area (Å²) in [5.41, 5.74) is 7.20. The van der Waals surface area contributed by atoms with E-state index in [1.54, 1.807) is 22.7 Å². The molecule has 0 N–H and O–H groups in total. The molecule has 0 radical (unpaired) electrons. The molecule has 0 fully saturated rings. The van der Waals surface area contributed by atoms with Gasteiger partial charge in [0.25, 0.3) is 0 Å². The second kappa shape index (κ2) is 15.8. The van der Waals surface area contributed by atoms with E-state index in [-0.39, 0.29) is 11.1 Å². The van der Waals surface area contributed by atoms with E-state index >= 15 is 0 Å². The van der Waals surface area contributed by atoms with Crippen LogP contribution in [-0.4, -0.2) is 0 Å². The van der Waals surface area contributed by atoms with Crippen molar-refractivity contribution in [3.8, 4) is 67.4 Å². The quantitative estimate of drug-likeness (QED) is 0.156. The van der Waals surface area contributed by atoms with Crippen LogP contribution < -0.4 is 18.1 Å². The molecular formula is C50H26N4S4. The molecule has 9 aromatic rings. The van der Waals surface area contributed by atoms with Crippen LogP contribution in [0, 0.1) is 45.3 Å². The molecular weight excluding hydrogens is 785 g/mol. The number of thiophene rings is 4. The van der Waals surface area contributed by atoms with E-state index in [4.69, 9.17) is 0 Å². The van der Waals surface area contributed by atoms with E-state index in [0.717, 1.165) is 50.8 Å². The van der Waals surface area contributed by atoms with Crippen molar-refractivity contribution in [2.45, 2.75) is 0 Å². The van der Waals surface area contributed by atoms with Crippen LogP contribution in [0.5, 0.6) is 0 Å². The van der Waals surface area contributed by atoms with Crippen LogP contribution in [0.2, 0.25) is 0 Å². The Kier molecular flexibility index (Phi) is 9.93. The van der Waals surface area contributed by atoms with Gasteiger partial charge in [-0.1, -0.05) is 84.9 Å². The largest absolute Gasteiger partial charge is 0.192 e. The minimum Gasteiger partial charge on any atom is -0.192 e. The van der Waals surface area contributed by atoms with Gasteiger partial charge in [0.2, 0.25) is 0 Å². The van der Waals surface area contributed by atoms with Gasteiger partial charge in [0.05, 0.1) is 9.06 Å². The number of benzene rings is 5. The summed E-state index contributed by atoms with van der Waals surface area (Å²) in [6.45, 7) is 0. The van der Waals surface area contributed by atoms with Crippen LogP contribution in [-0.2, 0) is 0 Å². The van der Waals surface area contributed by atoms with Crippen LogP contribution in [0.15, 0.2) is 146 Å². The molecule has 8 heteroatoms. The summed E-state index contributed by atoms with van der Waals surface area (Å²) in [6, 6.07) is 59.1. The Hall–Kier alpha value is -7.14. The normalized spacial score (nSPS) is 11.6. The minimum absolute atomic E-state index is 0.133. The van der Waals surface area contributed by atoms with Gasteiger partial charge < -0.3 is 0 Å². The Balaban J connectivity index is 1.21. The predicted molar refractivity (Wildman–Crippen MR) is 242 cm³/mol. The first kappa shape index (κ1) is 36.5. The zero-order valence-electron chi connectivity index (χ0n) is 30.4. The van der Waals surface area contributed by atoms with Gasteiger partial charge in [-0.05, 0) is 128 Å². The molecule has 4 aromatic heterocycles. The molecule has 270 valence electrons. The molecule has 0 aliphatic heterocycles. The minimum atomic E-state index is 0.133. The maximum atomic E-state index is 9.32. The van der Waals surface area contributed by atoms with Crippen molar-refractivity contribution < 1.29 is 0 Å². The zero-order valence-corrected chi connectivity index (χ0v) is 33.7. The van der Waals surface area contributed by atoms with Crippen LogP contribution in [0.1, 0.15) is 9.75 Å². The van der Waals surface area contributed by atoms with Gasteiger partial charge in [-0.25, -0.2) is 0 Å². The van der Waals surface area contributed by atoms with Gasteiger partial charge in [-0.3, -0.25) is 0 Å². The van der Waals surface area contributed by atoms with Crippen molar-refractivity contribution in [2.75, 3.05) is 0 Å². The SMILES string of the molecule is N#CC(C#N)=c1cc/c(=C\c2ccc(-c3ccc4c(c3)c(-c3ccccc3)c(-c3ccccc3)c3cc(-c5ccc(/C=c6\ccc(=C(C#N)C#N)s6)s5)ccc34)s2)s1. The fourth-order valence-corrected chi connectivity index (χ4v) is 11.1. The number of hydrogen-bond donors (Lipinski definition) is 0. The van der Waals surface area contributed by atoms with Crippen molar-refractivity contribution in [1.82, 2.24) is 0 Å². The number of fused-ring (bicyclic) bond motifs is 3. The summed E-state index contributed by atoms with van der Waals surface area (Å²) in [7, 11) is 0. The number of nitrogens with zero attached hydrogens (tertiary/aromatic N) is 4. The fourth-order valence-electron chi connectivity index (χ4n) is 7.21. The van der Waals surface area contributed by atoms with Gasteiger partial charge in [0, 0.05) is 28.6 Å². The topological polar surface area (TPSA) is 95.2 Å². The highest BCUT2D eigenvalue weighted by atomic mass is 32.1. The van der Waals surface area contributed by atoms with Crippen LogP contribution in [0.25, 0.3) is 88.0 Å². The molecule has 0 saturated carbocycles. The molecule has 4 nitrogen and oxygen atoms in total. The number of rotatable bonds is 6. The van der Waals surface area contributed by atoms with Crippen molar-refractivity contribution in [3.63, 3.8) is 0 Å². The smallest absolute Gasteiger partial charge is 0.146 e. The first-order valence-corrected chi connectivity index (χ1v) is 21.4. The van der Waals surface area contributed by atoms with Crippen LogP contribution in [0.4, 0.5) is 0 Å². The van der Waals surface area contributed by atoms with E-state index in [0.29, 0.717) is 9.06 Å². The molecule has 0 atom stereocenters. The van der Waals surface area contributed by atoms with Crippen LogP contribution >= 0.6 is 45.3 Å². The highest BCUT2D eigenvalue weighted by Crippen LogP contribution is 2.47. The third-order valence-corrected chi connectivity index (χ3v) is 14.1. The standard InChI is InChI=1S/C50H26N4S4/c51-27-35(28-52)47-21-15-39(57-47)25-37-13-19-45(55-37)33-11-17-41-42-18-12-34(46-20-14-38(56-46)26-40-16-22-48(58-40)36(29-53)30-54)24-44(42)50(32-9-5-2-6-10-32)49(43(41)23-33)31-7-3-1-4-8-31/h1-26H/b39-25+,40-26+. The average Bonchev–Trinajstić information content (AvgIpc) is 4.12. The van der Waals surface area contributed by atoms with Gasteiger partial charge >= 0.3 is 0 Å². The Morgan fingerprint density at radius 3 is 1.19 bits per heavy atom. The van der Waals surface area contributed by atoms with E-state index in [2.05, 4.69) is 133 Å². The Labute approximate surface area is 349 Å².